The smallest absolute Gasteiger partial charge is 0.244 e. The molecular weight excluding hydrogens is 150 g/mol. The van der Waals surface area contributed by atoms with Crippen molar-refractivity contribution >= 4 is 23.7 Å². The summed E-state index contributed by atoms with van der Waals surface area (Å²) in [7, 11) is 0. The van der Waals surface area contributed by atoms with E-state index in [9.17, 15) is 9.59 Å². The zero-order valence-corrected chi connectivity index (χ0v) is 6.52. The van der Waals surface area contributed by atoms with Gasteiger partial charge >= 0.3 is 0 Å². The fourth-order valence-corrected chi connectivity index (χ4v) is 0.452. The van der Waals surface area contributed by atoms with Gasteiger partial charge in [-0.05, 0) is 13.0 Å². The highest BCUT2D eigenvalue weighted by atomic mass is 32.1. The van der Waals surface area contributed by atoms with Crippen LogP contribution in [0.25, 0.3) is 0 Å². The Kier molecular flexibility index (Phi) is 4.66. The van der Waals surface area contributed by atoms with Crippen molar-refractivity contribution in [2.24, 2.45) is 0 Å². The van der Waals surface area contributed by atoms with Crippen LogP contribution in [0.3, 0.4) is 0 Å². The predicted octanol–water partition coefficient (Wildman–Crippen LogP) is 0.135. The summed E-state index contributed by atoms with van der Waals surface area (Å²) < 4.78 is 0. The highest BCUT2D eigenvalue weighted by Gasteiger charge is 1.95. The molecule has 0 aromatic rings. The molecule has 0 aromatic carbocycles. The Morgan fingerprint density at radius 2 is 2.20 bits per heavy atom. The molecular formula is C6H9NO2S. The Morgan fingerprint density at radius 1 is 1.60 bits per heavy atom. The largest absolute Gasteiger partial charge is 0.345 e. The van der Waals surface area contributed by atoms with Crippen LogP contribution in [0.1, 0.15) is 6.92 Å². The minimum Gasteiger partial charge on any atom is -0.345 e. The standard InChI is InChI=1S/C6H9NO2S/c1-2-3-5(8)7-4-6(9)10/h2-3H,4H2,1H3,(H,7,8)(H,9,10)/b3-2-. The molecule has 0 heterocycles. The van der Waals surface area contributed by atoms with Crippen LogP contribution >= 0.6 is 12.6 Å². The van der Waals surface area contributed by atoms with Gasteiger partial charge in [-0.15, -0.1) is 12.6 Å². The zero-order chi connectivity index (χ0) is 7.98. The lowest BCUT2D eigenvalue weighted by atomic mass is 10.5. The van der Waals surface area contributed by atoms with Gasteiger partial charge in [0.25, 0.3) is 0 Å². The summed E-state index contributed by atoms with van der Waals surface area (Å²) in [4.78, 5) is 20.7. The molecule has 56 valence electrons. The molecule has 1 amide bonds. The fraction of sp³-hybridized carbons (Fsp3) is 0.333. The third kappa shape index (κ3) is 5.37. The maximum Gasteiger partial charge on any atom is 0.244 e. The summed E-state index contributed by atoms with van der Waals surface area (Å²) >= 11 is 3.46. The number of hydrogen-bond donors (Lipinski definition) is 2. The summed E-state index contributed by atoms with van der Waals surface area (Å²) in [6.07, 6.45) is 2.94. The third-order valence-corrected chi connectivity index (χ3v) is 0.890. The van der Waals surface area contributed by atoms with Gasteiger partial charge in [0, 0.05) is 0 Å². The second-order valence-electron chi connectivity index (χ2n) is 1.61. The monoisotopic (exact) mass is 159 g/mol. The SMILES string of the molecule is C/C=C\C(=O)NCC(=O)S. The Hall–Kier alpha value is -0.770. The van der Waals surface area contributed by atoms with Crippen molar-refractivity contribution in [1.29, 1.82) is 0 Å². The molecule has 0 bridgehead atoms. The highest BCUT2D eigenvalue weighted by molar-refractivity contribution is 7.96. The normalized spacial score (nSPS) is 9.80. The van der Waals surface area contributed by atoms with Crippen LogP contribution in [-0.4, -0.2) is 17.6 Å². The maximum absolute atomic E-state index is 10.6. The number of carbonyl (C=O) groups is 2. The number of hydrogen-bond acceptors (Lipinski definition) is 2. The minimum absolute atomic E-state index is 0.0215. The molecule has 0 spiro atoms. The van der Waals surface area contributed by atoms with Crippen LogP contribution in [0.15, 0.2) is 12.2 Å². The average molecular weight is 159 g/mol. The number of carbonyl (C=O) groups excluding carboxylic acids is 2. The van der Waals surface area contributed by atoms with Crippen LogP contribution in [-0.2, 0) is 9.59 Å². The molecule has 10 heavy (non-hydrogen) atoms. The first-order valence-electron chi connectivity index (χ1n) is 2.79. The van der Waals surface area contributed by atoms with E-state index in [0.29, 0.717) is 0 Å². The minimum atomic E-state index is -0.349. The zero-order valence-electron chi connectivity index (χ0n) is 5.63. The van der Waals surface area contributed by atoms with Crippen molar-refractivity contribution in [3.63, 3.8) is 0 Å². The van der Waals surface area contributed by atoms with E-state index in [2.05, 4.69) is 17.9 Å². The van der Waals surface area contributed by atoms with E-state index in [-0.39, 0.29) is 17.6 Å². The number of nitrogens with one attached hydrogen (secondary N) is 1. The molecule has 4 heteroatoms. The van der Waals surface area contributed by atoms with Gasteiger partial charge in [-0.3, -0.25) is 9.59 Å². The first kappa shape index (κ1) is 9.23. The van der Waals surface area contributed by atoms with Gasteiger partial charge < -0.3 is 5.32 Å². The van der Waals surface area contributed by atoms with Gasteiger partial charge in [0.15, 0.2) is 0 Å². The predicted molar refractivity (Wildman–Crippen MR) is 41.8 cm³/mol. The van der Waals surface area contributed by atoms with Crippen molar-refractivity contribution in [1.82, 2.24) is 5.32 Å². The number of thiol groups is 1. The molecule has 0 unspecified atom stereocenters. The molecule has 3 nitrogen and oxygen atoms in total. The van der Waals surface area contributed by atoms with E-state index >= 15 is 0 Å². The average Bonchev–Trinajstić information content (AvgIpc) is 1.85. The van der Waals surface area contributed by atoms with E-state index in [1.165, 1.54) is 6.08 Å². The second kappa shape index (κ2) is 5.05. The van der Waals surface area contributed by atoms with Crippen LogP contribution < -0.4 is 5.32 Å². The van der Waals surface area contributed by atoms with Gasteiger partial charge in [0.2, 0.25) is 11.0 Å². The van der Waals surface area contributed by atoms with E-state index < -0.39 is 0 Å². The molecule has 0 radical (unpaired) electrons. The highest BCUT2D eigenvalue weighted by Crippen LogP contribution is 1.76. The fourth-order valence-electron chi connectivity index (χ4n) is 0.373. The molecule has 0 rings (SSSR count). The molecule has 0 saturated carbocycles. The molecule has 0 aliphatic carbocycles. The van der Waals surface area contributed by atoms with E-state index in [1.807, 2.05) is 0 Å². The topological polar surface area (TPSA) is 46.2 Å². The van der Waals surface area contributed by atoms with Crippen molar-refractivity contribution in [3.8, 4) is 0 Å². The lowest BCUT2D eigenvalue weighted by Gasteiger charge is -1.94. The van der Waals surface area contributed by atoms with Crippen molar-refractivity contribution in [3.05, 3.63) is 12.2 Å². The first-order chi connectivity index (χ1) is 4.66. The first-order valence-corrected chi connectivity index (χ1v) is 3.24. The molecule has 0 saturated heterocycles. The van der Waals surface area contributed by atoms with Crippen LogP contribution in [0.2, 0.25) is 0 Å². The molecule has 0 aromatic heterocycles. The Bertz CT molecular complexity index is 165. The molecule has 0 aliphatic heterocycles. The number of allylic oxidation sites excluding steroid dienone is 1. The molecule has 0 fully saturated rings. The van der Waals surface area contributed by atoms with Gasteiger partial charge in [0.05, 0.1) is 6.54 Å². The summed E-state index contributed by atoms with van der Waals surface area (Å²) in [5.41, 5.74) is 0. The second-order valence-corrected chi connectivity index (χ2v) is 2.11. The van der Waals surface area contributed by atoms with E-state index in [4.69, 9.17) is 0 Å². The number of rotatable bonds is 3. The van der Waals surface area contributed by atoms with Crippen molar-refractivity contribution in [2.75, 3.05) is 6.54 Å². The summed E-state index contributed by atoms with van der Waals surface area (Å²) in [5.74, 6) is -0.273. The lowest BCUT2D eigenvalue weighted by molar-refractivity contribution is -0.119. The maximum atomic E-state index is 10.6. The molecule has 0 atom stereocenters. The Morgan fingerprint density at radius 3 is 2.60 bits per heavy atom. The van der Waals surface area contributed by atoms with Crippen LogP contribution in [0, 0.1) is 0 Å². The van der Waals surface area contributed by atoms with E-state index in [0.717, 1.165) is 0 Å². The molecule has 0 aliphatic rings. The summed E-state index contributed by atoms with van der Waals surface area (Å²) in [6.45, 7) is 1.70. The van der Waals surface area contributed by atoms with Gasteiger partial charge in [0.1, 0.15) is 0 Å². The van der Waals surface area contributed by atoms with Crippen LogP contribution in [0.5, 0.6) is 0 Å². The van der Waals surface area contributed by atoms with Crippen molar-refractivity contribution < 1.29 is 9.59 Å². The van der Waals surface area contributed by atoms with Crippen LogP contribution in [0.4, 0.5) is 0 Å². The summed E-state index contributed by atoms with van der Waals surface area (Å²) in [6, 6.07) is 0. The quantitative estimate of drug-likeness (QED) is 0.454. The van der Waals surface area contributed by atoms with E-state index in [1.54, 1.807) is 13.0 Å². The summed E-state index contributed by atoms with van der Waals surface area (Å²) in [5, 5.41) is 1.98. The van der Waals surface area contributed by atoms with Gasteiger partial charge in [-0.1, -0.05) is 6.08 Å². The third-order valence-electron chi connectivity index (χ3n) is 0.732. The Balaban J connectivity index is 3.50. The van der Waals surface area contributed by atoms with Gasteiger partial charge in [-0.25, -0.2) is 0 Å². The molecule has 1 N–H and O–H groups in total. The Labute approximate surface area is 64.9 Å². The number of amides is 1. The van der Waals surface area contributed by atoms with Gasteiger partial charge in [-0.2, -0.15) is 0 Å². The lowest BCUT2D eigenvalue weighted by Crippen LogP contribution is -2.25. The van der Waals surface area contributed by atoms with Crippen molar-refractivity contribution in [2.45, 2.75) is 6.92 Å².